The number of allylic oxidation sites excluding steroid dienone is 1. The Hall–Kier alpha value is -3.59. The molecule has 1 aliphatic rings. The van der Waals surface area contributed by atoms with Crippen molar-refractivity contribution in [2.45, 2.75) is 19.9 Å². The third-order valence-corrected chi connectivity index (χ3v) is 6.26. The van der Waals surface area contributed by atoms with Crippen molar-refractivity contribution in [1.82, 2.24) is 4.57 Å². The van der Waals surface area contributed by atoms with E-state index in [-0.39, 0.29) is 12.2 Å². The van der Waals surface area contributed by atoms with Crippen LogP contribution in [0.4, 0.5) is 5.88 Å². The van der Waals surface area contributed by atoms with Gasteiger partial charge in [-0.2, -0.15) is 0 Å². The van der Waals surface area contributed by atoms with E-state index >= 15 is 0 Å². The monoisotopic (exact) mass is 467 g/mol. The summed E-state index contributed by atoms with van der Waals surface area (Å²) in [5, 5.41) is 0. The highest BCUT2D eigenvalue weighted by Crippen LogP contribution is 2.31. The molecule has 1 aromatic carbocycles. The van der Waals surface area contributed by atoms with Gasteiger partial charge in [-0.25, -0.2) is 9.79 Å². The van der Waals surface area contributed by atoms with E-state index in [1.807, 2.05) is 43.3 Å². The van der Waals surface area contributed by atoms with Crippen molar-refractivity contribution >= 4 is 29.3 Å². The Morgan fingerprint density at radius 3 is 2.58 bits per heavy atom. The van der Waals surface area contributed by atoms with Gasteiger partial charge in [0, 0.05) is 26.2 Å². The van der Waals surface area contributed by atoms with Crippen molar-refractivity contribution in [2.24, 2.45) is 4.99 Å². The summed E-state index contributed by atoms with van der Waals surface area (Å²) in [6, 6.07) is 10.3. The summed E-state index contributed by atoms with van der Waals surface area (Å²) in [6.45, 7) is 3.73. The van der Waals surface area contributed by atoms with E-state index in [0.29, 0.717) is 38.0 Å². The smallest absolute Gasteiger partial charge is 0.338 e. The molecule has 1 aliphatic heterocycles. The summed E-state index contributed by atoms with van der Waals surface area (Å²) in [5.74, 6) is 1.44. The van der Waals surface area contributed by atoms with Gasteiger partial charge in [-0.05, 0) is 37.6 Å². The van der Waals surface area contributed by atoms with Gasteiger partial charge in [0.05, 0.1) is 35.6 Å². The quantitative estimate of drug-likeness (QED) is 0.518. The van der Waals surface area contributed by atoms with Crippen LogP contribution >= 0.6 is 11.3 Å². The SMILES string of the molecule is CCOC(=O)C1=C(C)N=c2sc(=Cc3ccc(N(C)C)o3)c(=O)n2C1c1ccc(OC)cc1. The lowest BCUT2D eigenvalue weighted by Gasteiger charge is -2.24. The molecule has 0 aliphatic carbocycles. The highest BCUT2D eigenvalue weighted by Gasteiger charge is 2.33. The number of rotatable bonds is 6. The predicted molar refractivity (Wildman–Crippen MR) is 126 cm³/mol. The van der Waals surface area contributed by atoms with Crippen molar-refractivity contribution < 1.29 is 18.7 Å². The molecule has 3 aromatic rings. The third kappa shape index (κ3) is 4.23. The second-order valence-corrected chi connectivity index (χ2v) is 8.65. The maximum atomic E-state index is 13.5. The molecule has 3 heterocycles. The molecule has 0 bridgehead atoms. The summed E-state index contributed by atoms with van der Waals surface area (Å²) < 4.78 is 18.4. The molecule has 0 fully saturated rings. The van der Waals surface area contributed by atoms with E-state index < -0.39 is 12.0 Å². The number of esters is 1. The molecule has 0 saturated heterocycles. The van der Waals surface area contributed by atoms with E-state index in [4.69, 9.17) is 13.9 Å². The summed E-state index contributed by atoms with van der Waals surface area (Å²) in [7, 11) is 5.35. The fourth-order valence-electron chi connectivity index (χ4n) is 3.68. The minimum absolute atomic E-state index is 0.224. The average molecular weight is 468 g/mol. The van der Waals surface area contributed by atoms with E-state index in [1.165, 1.54) is 11.3 Å². The maximum Gasteiger partial charge on any atom is 0.338 e. The molecule has 0 radical (unpaired) electrons. The summed E-state index contributed by atoms with van der Waals surface area (Å²) in [4.78, 5) is 33.4. The van der Waals surface area contributed by atoms with Crippen LogP contribution in [0.5, 0.6) is 5.75 Å². The van der Waals surface area contributed by atoms with Gasteiger partial charge in [0.2, 0.25) is 0 Å². The van der Waals surface area contributed by atoms with E-state index in [1.54, 1.807) is 43.7 Å². The molecule has 1 unspecified atom stereocenters. The second kappa shape index (κ2) is 9.11. The molecule has 2 aromatic heterocycles. The Labute approximate surface area is 194 Å². The maximum absolute atomic E-state index is 13.5. The lowest BCUT2D eigenvalue weighted by Crippen LogP contribution is -2.39. The molecule has 33 heavy (non-hydrogen) atoms. The Morgan fingerprint density at radius 2 is 1.97 bits per heavy atom. The minimum Gasteiger partial charge on any atom is -0.497 e. The standard InChI is InChI=1S/C24H25N3O5S/c1-6-31-23(29)20-14(2)25-24-27(21(20)15-7-9-16(30-5)10-8-15)22(28)18(33-24)13-17-11-12-19(32-17)26(3)4/h7-13,21H,6H2,1-5H3. The van der Waals surface area contributed by atoms with Crippen LogP contribution in [0.15, 0.2) is 61.9 Å². The Kier molecular flexibility index (Phi) is 6.24. The number of thiazole rings is 1. The van der Waals surface area contributed by atoms with Crippen LogP contribution in [0.25, 0.3) is 6.08 Å². The number of fused-ring (bicyclic) bond motifs is 1. The zero-order chi connectivity index (χ0) is 23.7. The summed E-state index contributed by atoms with van der Waals surface area (Å²) in [5.41, 5.74) is 1.37. The molecule has 0 spiro atoms. The van der Waals surface area contributed by atoms with Crippen LogP contribution in [-0.2, 0) is 9.53 Å². The fourth-order valence-corrected chi connectivity index (χ4v) is 4.71. The van der Waals surface area contributed by atoms with E-state index in [2.05, 4.69) is 4.99 Å². The van der Waals surface area contributed by atoms with Crippen LogP contribution in [0.2, 0.25) is 0 Å². The number of carbonyl (C=O) groups is 1. The van der Waals surface area contributed by atoms with Gasteiger partial charge in [-0.3, -0.25) is 9.36 Å². The molecule has 8 nitrogen and oxygen atoms in total. The number of ether oxygens (including phenoxy) is 2. The van der Waals surface area contributed by atoms with Gasteiger partial charge in [0.15, 0.2) is 10.7 Å². The normalized spacial score (nSPS) is 15.8. The number of methoxy groups -OCH3 is 1. The van der Waals surface area contributed by atoms with E-state index in [0.717, 1.165) is 5.56 Å². The molecule has 9 heteroatoms. The van der Waals surface area contributed by atoms with Gasteiger partial charge in [0.25, 0.3) is 5.56 Å². The topological polar surface area (TPSA) is 86.3 Å². The van der Waals surface area contributed by atoms with Gasteiger partial charge in [-0.15, -0.1) is 0 Å². The number of nitrogens with zero attached hydrogens (tertiary/aromatic N) is 3. The molecular formula is C24H25N3O5S. The zero-order valence-corrected chi connectivity index (χ0v) is 19.9. The minimum atomic E-state index is -0.665. The molecule has 1 atom stereocenters. The van der Waals surface area contributed by atoms with Crippen LogP contribution in [-0.4, -0.2) is 38.3 Å². The third-order valence-electron chi connectivity index (χ3n) is 5.28. The van der Waals surface area contributed by atoms with Crippen molar-refractivity contribution in [3.05, 3.63) is 78.7 Å². The first-order valence-corrected chi connectivity index (χ1v) is 11.3. The largest absolute Gasteiger partial charge is 0.497 e. The van der Waals surface area contributed by atoms with E-state index in [9.17, 15) is 9.59 Å². The Balaban J connectivity index is 1.91. The molecule has 172 valence electrons. The summed E-state index contributed by atoms with van der Waals surface area (Å²) >= 11 is 1.26. The number of aromatic nitrogens is 1. The predicted octanol–water partition coefficient (Wildman–Crippen LogP) is 2.47. The lowest BCUT2D eigenvalue weighted by molar-refractivity contribution is -0.139. The summed E-state index contributed by atoms with van der Waals surface area (Å²) in [6.07, 6.45) is 1.70. The average Bonchev–Trinajstić information content (AvgIpc) is 3.38. The second-order valence-electron chi connectivity index (χ2n) is 7.65. The highest BCUT2D eigenvalue weighted by atomic mass is 32.1. The first-order valence-electron chi connectivity index (χ1n) is 10.4. The first-order chi connectivity index (χ1) is 15.8. The lowest BCUT2D eigenvalue weighted by atomic mass is 9.96. The van der Waals surface area contributed by atoms with Gasteiger partial charge in [0.1, 0.15) is 11.5 Å². The van der Waals surface area contributed by atoms with Crippen LogP contribution < -0.4 is 24.5 Å². The Bertz CT molecular complexity index is 1390. The fraction of sp³-hybridized carbons (Fsp3) is 0.292. The number of hydrogen-bond donors (Lipinski definition) is 0. The molecular weight excluding hydrogens is 442 g/mol. The molecule has 0 amide bonds. The number of anilines is 1. The van der Waals surface area contributed by atoms with Gasteiger partial charge >= 0.3 is 5.97 Å². The van der Waals surface area contributed by atoms with Gasteiger partial charge < -0.3 is 18.8 Å². The van der Waals surface area contributed by atoms with Gasteiger partial charge in [-0.1, -0.05) is 23.5 Å². The molecule has 4 rings (SSSR count). The van der Waals surface area contributed by atoms with Crippen LogP contribution in [0.1, 0.15) is 31.2 Å². The Morgan fingerprint density at radius 1 is 1.24 bits per heavy atom. The number of carbonyl (C=O) groups excluding carboxylic acids is 1. The first kappa shape index (κ1) is 22.6. The highest BCUT2D eigenvalue weighted by molar-refractivity contribution is 7.07. The van der Waals surface area contributed by atoms with Crippen LogP contribution in [0, 0.1) is 0 Å². The number of furan rings is 1. The van der Waals surface area contributed by atoms with Crippen molar-refractivity contribution in [3.8, 4) is 5.75 Å². The van der Waals surface area contributed by atoms with Crippen LogP contribution in [0.3, 0.4) is 0 Å². The van der Waals surface area contributed by atoms with Crippen molar-refractivity contribution in [1.29, 1.82) is 0 Å². The van der Waals surface area contributed by atoms with Crippen molar-refractivity contribution in [2.75, 3.05) is 32.7 Å². The molecule has 0 saturated carbocycles. The number of hydrogen-bond acceptors (Lipinski definition) is 8. The zero-order valence-electron chi connectivity index (χ0n) is 19.1. The number of benzene rings is 1. The van der Waals surface area contributed by atoms with Crippen molar-refractivity contribution in [3.63, 3.8) is 0 Å². The molecule has 0 N–H and O–H groups in total.